The Morgan fingerprint density at radius 2 is 1.91 bits per heavy atom. The molecule has 0 spiro atoms. The number of nitrogens with zero attached hydrogens (tertiary/aromatic N) is 4. The SMILES string of the molecule is O=C(Nc1ccccc1N1CC(N2CCN(CCO)CC2)C1)c1csc(-c2cccs2)n1. The third kappa shape index (κ3) is 4.57. The van der Waals surface area contributed by atoms with Crippen molar-refractivity contribution in [1.82, 2.24) is 14.8 Å². The van der Waals surface area contributed by atoms with Crippen LogP contribution in [0.1, 0.15) is 10.5 Å². The van der Waals surface area contributed by atoms with Crippen LogP contribution in [0.5, 0.6) is 0 Å². The van der Waals surface area contributed by atoms with Crippen molar-refractivity contribution >= 4 is 40.0 Å². The molecule has 2 N–H and O–H groups in total. The minimum Gasteiger partial charge on any atom is -0.395 e. The molecule has 2 saturated heterocycles. The molecule has 7 nitrogen and oxygen atoms in total. The molecule has 4 heterocycles. The first-order chi connectivity index (χ1) is 15.7. The van der Waals surface area contributed by atoms with Gasteiger partial charge in [0.25, 0.3) is 5.91 Å². The molecular formula is C23H27N5O2S2. The quantitative estimate of drug-likeness (QED) is 0.555. The zero-order valence-electron chi connectivity index (χ0n) is 17.8. The zero-order valence-corrected chi connectivity index (χ0v) is 19.4. The molecule has 2 aliphatic rings. The zero-order chi connectivity index (χ0) is 21.9. The Hall–Kier alpha value is -2.30. The molecular weight excluding hydrogens is 442 g/mol. The van der Waals surface area contributed by atoms with Gasteiger partial charge in [0.15, 0.2) is 0 Å². The summed E-state index contributed by atoms with van der Waals surface area (Å²) in [5.74, 6) is -0.173. The summed E-state index contributed by atoms with van der Waals surface area (Å²) in [6.45, 7) is 7.07. The van der Waals surface area contributed by atoms with Gasteiger partial charge in [-0.1, -0.05) is 18.2 Å². The summed E-state index contributed by atoms with van der Waals surface area (Å²) in [5.41, 5.74) is 2.34. The second-order valence-electron chi connectivity index (χ2n) is 8.15. The first-order valence-electron chi connectivity index (χ1n) is 10.9. The Bertz CT molecular complexity index is 1040. The lowest BCUT2D eigenvalue weighted by Gasteiger charge is -2.49. The molecule has 0 atom stereocenters. The molecule has 1 amide bonds. The van der Waals surface area contributed by atoms with Gasteiger partial charge in [0, 0.05) is 57.2 Å². The Balaban J connectivity index is 1.20. The van der Waals surface area contributed by atoms with E-state index in [0.717, 1.165) is 67.1 Å². The van der Waals surface area contributed by atoms with Crippen molar-refractivity contribution in [3.05, 3.63) is 52.9 Å². The molecule has 5 rings (SSSR count). The topological polar surface area (TPSA) is 71.9 Å². The molecule has 0 saturated carbocycles. The van der Waals surface area contributed by atoms with E-state index < -0.39 is 0 Å². The number of thiophene rings is 1. The van der Waals surface area contributed by atoms with Crippen LogP contribution in [0.15, 0.2) is 47.2 Å². The van der Waals surface area contributed by atoms with E-state index in [9.17, 15) is 4.79 Å². The number of carbonyl (C=O) groups is 1. The molecule has 2 aliphatic heterocycles. The van der Waals surface area contributed by atoms with E-state index in [2.05, 4.69) is 31.1 Å². The summed E-state index contributed by atoms with van der Waals surface area (Å²) < 4.78 is 0. The normalized spacial score (nSPS) is 18.0. The van der Waals surface area contributed by atoms with Gasteiger partial charge < -0.3 is 15.3 Å². The van der Waals surface area contributed by atoms with E-state index in [1.165, 1.54) is 11.3 Å². The van der Waals surface area contributed by atoms with Gasteiger partial charge in [0.05, 0.1) is 22.9 Å². The maximum Gasteiger partial charge on any atom is 0.275 e. The van der Waals surface area contributed by atoms with E-state index in [1.54, 1.807) is 11.3 Å². The first kappa shape index (κ1) is 21.5. The maximum absolute atomic E-state index is 12.9. The van der Waals surface area contributed by atoms with Crippen molar-refractivity contribution in [3.8, 4) is 9.88 Å². The number of piperazine rings is 1. The molecule has 9 heteroatoms. The molecule has 1 aromatic carbocycles. The van der Waals surface area contributed by atoms with E-state index >= 15 is 0 Å². The number of hydrogen-bond donors (Lipinski definition) is 2. The lowest BCUT2D eigenvalue weighted by Crippen LogP contribution is -2.63. The van der Waals surface area contributed by atoms with Gasteiger partial charge in [0.1, 0.15) is 10.7 Å². The minimum atomic E-state index is -0.173. The van der Waals surface area contributed by atoms with Gasteiger partial charge in [-0.2, -0.15) is 0 Å². The monoisotopic (exact) mass is 469 g/mol. The lowest BCUT2D eigenvalue weighted by molar-refractivity contribution is 0.0733. The van der Waals surface area contributed by atoms with Crippen molar-refractivity contribution in [2.75, 3.05) is 62.6 Å². The highest BCUT2D eigenvalue weighted by atomic mass is 32.1. The molecule has 0 unspecified atom stereocenters. The second kappa shape index (κ2) is 9.68. The fourth-order valence-electron chi connectivity index (χ4n) is 4.31. The predicted molar refractivity (Wildman–Crippen MR) is 131 cm³/mol. The number of hydrogen-bond acceptors (Lipinski definition) is 8. The Labute approximate surface area is 195 Å². The van der Waals surface area contributed by atoms with Gasteiger partial charge in [-0.3, -0.25) is 14.6 Å². The smallest absolute Gasteiger partial charge is 0.275 e. The third-order valence-corrected chi connectivity index (χ3v) is 8.04. The van der Waals surface area contributed by atoms with Crippen LogP contribution < -0.4 is 10.2 Å². The van der Waals surface area contributed by atoms with Gasteiger partial charge >= 0.3 is 0 Å². The maximum atomic E-state index is 12.9. The van der Waals surface area contributed by atoms with Gasteiger partial charge in [-0.25, -0.2) is 4.98 Å². The summed E-state index contributed by atoms with van der Waals surface area (Å²) in [6.07, 6.45) is 0. The number of para-hydroxylation sites is 2. The molecule has 2 fully saturated rings. The van der Waals surface area contributed by atoms with E-state index in [4.69, 9.17) is 5.11 Å². The summed E-state index contributed by atoms with van der Waals surface area (Å²) >= 11 is 3.12. The molecule has 2 aromatic heterocycles. The largest absolute Gasteiger partial charge is 0.395 e. The average molecular weight is 470 g/mol. The van der Waals surface area contributed by atoms with Crippen LogP contribution in [0.3, 0.4) is 0 Å². The molecule has 3 aromatic rings. The molecule has 0 bridgehead atoms. The number of aromatic nitrogens is 1. The number of anilines is 2. The average Bonchev–Trinajstić information content (AvgIpc) is 3.47. The summed E-state index contributed by atoms with van der Waals surface area (Å²) in [7, 11) is 0. The summed E-state index contributed by atoms with van der Waals surface area (Å²) in [6, 6.07) is 12.6. The Morgan fingerprint density at radius 1 is 1.09 bits per heavy atom. The van der Waals surface area contributed by atoms with Crippen molar-refractivity contribution < 1.29 is 9.90 Å². The Morgan fingerprint density at radius 3 is 2.66 bits per heavy atom. The molecule has 0 aliphatic carbocycles. The fraction of sp³-hybridized carbons (Fsp3) is 0.391. The van der Waals surface area contributed by atoms with Crippen molar-refractivity contribution in [2.45, 2.75) is 6.04 Å². The highest BCUT2D eigenvalue weighted by Gasteiger charge is 2.34. The van der Waals surface area contributed by atoms with Crippen LogP contribution in [-0.2, 0) is 0 Å². The number of nitrogens with one attached hydrogen (secondary N) is 1. The predicted octanol–water partition coefficient (Wildman–Crippen LogP) is 2.92. The van der Waals surface area contributed by atoms with E-state index in [-0.39, 0.29) is 12.5 Å². The van der Waals surface area contributed by atoms with Crippen LogP contribution in [0.25, 0.3) is 9.88 Å². The molecule has 0 radical (unpaired) electrons. The number of rotatable bonds is 7. The van der Waals surface area contributed by atoms with Gasteiger partial charge in [-0.15, -0.1) is 22.7 Å². The van der Waals surface area contributed by atoms with Crippen molar-refractivity contribution in [1.29, 1.82) is 0 Å². The van der Waals surface area contributed by atoms with E-state index in [1.807, 2.05) is 41.1 Å². The number of amides is 1. The van der Waals surface area contributed by atoms with Crippen LogP contribution in [0, 0.1) is 0 Å². The van der Waals surface area contributed by atoms with Crippen LogP contribution in [0.2, 0.25) is 0 Å². The molecule has 32 heavy (non-hydrogen) atoms. The number of β-amino-alcohol motifs (C(OH)–C–C–N with tert-alkyl or cyclic N) is 1. The lowest BCUT2D eigenvalue weighted by atomic mass is 10.0. The number of thiazole rings is 1. The minimum absolute atomic E-state index is 0.173. The van der Waals surface area contributed by atoms with Crippen molar-refractivity contribution in [2.24, 2.45) is 0 Å². The number of carbonyl (C=O) groups excluding carboxylic acids is 1. The number of aliphatic hydroxyl groups is 1. The Kier molecular flexibility index (Phi) is 6.52. The highest BCUT2D eigenvalue weighted by molar-refractivity contribution is 7.20. The number of aliphatic hydroxyl groups excluding tert-OH is 1. The number of benzene rings is 1. The summed E-state index contributed by atoms with van der Waals surface area (Å²) in [5, 5.41) is 16.9. The van der Waals surface area contributed by atoms with Crippen LogP contribution in [-0.4, -0.2) is 84.3 Å². The second-order valence-corrected chi connectivity index (χ2v) is 9.95. The van der Waals surface area contributed by atoms with Crippen molar-refractivity contribution in [3.63, 3.8) is 0 Å². The van der Waals surface area contributed by atoms with Gasteiger partial charge in [-0.05, 0) is 23.6 Å². The summed E-state index contributed by atoms with van der Waals surface area (Å²) in [4.78, 5) is 25.7. The standard InChI is InChI=1S/C23H27N5O2S2/c29-12-11-26-7-9-27(10-8-26)17-14-28(15-17)20-5-2-1-4-18(20)24-22(30)19-16-32-23(25-19)21-6-3-13-31-21/h1-6,13,16-17,29H,7-12,14-15H2,(H,24,30). The molecule has 168 valence electrons. The van der Waals surface area contributed by atoms with E-state index in [0.29, 0.717) is 11.7 Å². The fourth-order valence-corrected chi connectivity index (χ4v) is 5.92. The van der Waals surface area contributed by atoms with Crippen LogP contribution >= 0.6 is 22.7 Å². The first-order valence-corrected chi connectivity index (χ1v) is 12.7. The highest BCUT2D eigenvalue weighted by Crippen LogP contribution is 2.32. The van der Waals surface area contributed by atoms with Gasteiger partial charge in [0.2, 0.25) is 0 Å². The van der Waals surface area contributed by atoms with Crippen LogP contribution in [0.4, 0.5) is 11.4 Å². The third-order valence-electron chi connectivity index (χ3n) is 6.16.